The third kappa shape index (κ3) is 5.90. The van der Waals surface area contributed by atoms with Crippen molar-refractivity contribution in [3.8, 4) is 6.07 Å². The van der Waals surface area contributed by atoms with Gasteiger partial charge in [-0.1, -0.05) is 67.0 Å². The molecule has 0 aromatic carbocycles. The average Bonchev–Trinajstić information content (AvgIpc) is 2.43. The summed E-state index contributed by atoms with van der Waals surface area (Å²) in [6.45, 7) is 11.1. The number of nitrogens with zero attached hydrogens (tertiary/aromatic N) is 1. The van der Waals surface area contributed by atoms with Gasteiger partial charge in [-0.05, 0) is 51.0 Å². The highest BCUT2D eigenvalue weighted by atomic mass is 14.3. The monoisotopic (exact) mass is 295 g/mol. The Morgan fingerprint density at radius 2 is 1.95 bits per heavy atom. The summed E-state index contributed by atoms with van der Waals surface area (Å²) in [5, 5.41) is 8.54. The zero-order valence-electron chi connectivity index (χ0n) is 14.7. The molecule has 0 aromatic rings. The van der Waals surface area contributed by atoms with Crippen LogP contribution in [-0.2, 0) is 0 Å². The van der Waals surface area contributed by atoms with E-state index in [1.54, 1.807) is 0 Å². The van der Waals surface area contributed by atoms with Gasteiger partial charge in [-0.25, -0.2) is 0 Å². The van der Waals surface area contributed by atoms with Crippen molar-refractivity contribution >= 4 is 0 Å². The van der Waals surface area contributed by atoms with Crippen LogP contribution in [0.2, 0.25) is 0 Å². The molecule has 0 unspecified atom stereocenters. The van der Waals surface area contributed by atoms with Crippen LogP contribution in [0.3, 0.4) is 0 Å². The minimum atomic E-state index is 0.297. The predicted octanol–water partition coefficient (Wildman–Crippen LogP) is 6.43. The Hall–Kier alpha value is -1.81. The van der Waals surface area contributed by atoms with Crippen molar-refractivity contribution in [3.05, 3.63) is 58.7 Å². The first kappa shape index (κ1) is 18.2. The summed E-state index contributed by atoms with van der Waals surface area (Å²) in [5.41, 5.74) is 5.70. The molecular formula is C21H29N. The third-order valence-corrected chi connectivity index (χ3v) is 4.29. The van der Waals surface area contributed by atoms with Crippen molar-refractivity contribution in [2.24, 2.45) is 5.41 Å². The molecule has 0 aromatic heterocycles. The normalized spacial score (nSPS) is 20.0. The van der Waals surface area contributed by atoms with Gasteiger partial charge in [0.25, 0.3) is 0 Å². The molecule has 22 heavy (non-hydrogen) atoms. The third-order valence-electron chi connectivity index (χ3n) is 4.29. The van der Waals surface area contributed by atoms with E-state index in [0.717, 1.165) is 5.57 Å². The molecule has 0 saturated heterocycles. The molecule has 0 fully saturated rings. The Balaban J connectivity index is 2.75. The smallest absolute Gasteiger partial charge is 0.0663 e. The van der Waals surface area contributed by atoms with E-state index in [1.807, 2.05) is 19.1 Å². The van der Waals surface area contributed by atoms with Gasteiger partial charge in [0.1, 0.15) is 0 Å². The fourth-order valence-corrected chi connectivity index (χ4v) is 2.91. The molecule has 0 saturated carbocycles. The predicted molar refractivity (Wildman–Crippen MR) is 96.4 cm³/mol. The Bertz CT molecular complexity index is 572. The lowest BCUT2D eigenvalue weighted by molar-refractivity contribution is 0.377. The summed E-state index contributed by atoms with van der Waals surface area (Å²) in [4.78, 5) is 0. The maximum Gasteiger partial charge on any atom is 0.0663 e. The van der Waals surface area contributed by atoms with Gasteiger partial charge in [0, 0.05) is 0 Å². The molecule has 1 aliphatic carbocycles. The fourth-order valence-electron chi connectivity index (χ4n) is 2.91. The first-order valence-electron chi connectivity index (χ1n) is 8.14. The Kier molecular flexibility index (Phi) is 7.12. The van der Waals surface area contributed by atoms with E-state index in [1.165, 1.54) is 36.0 Å². The summed E-state index contributed by atoms with van der Waals surface area (Å²) in [6.07, 6.45) is 16.9. The minimum absolute atomic E-state index is 0.297. The van der Waals surface area contributed by atoms with Gasteiger partial charge in [-0.3, -0.25) is 0 Å². The second-order valence-electron chi connectivity index (χ2n) is 6.84. The molecule has 0 heterocycles. The van der Waals surface area contributed by atoms with Crippen LogP contribution in [0.4, 0.5) is 0 Å². The molecule has 0 N–H and O–H groups in total. The Labute approximate surface area is 136 Å². The Morgan fingerprint density at radius 3 is 2.59 bits per heavy atom. The maximum absolute atomic E-state index is 8.54. The first-order valence-corrected chi connectivity index (χ1v) is 8.14. The van der Waals surface area contributed by atoms with Gasteiger partial charge in [0.15, 0.2) is 0 Å². The van der Waals surface area contributed by atoms with Gasteiger partial charge >= 0.3 is 0 Å². The summed E-state index contributed by atoms with van der Waals surface area (Å²) in [6, 6.07) is 2.12. The van der Waals surface area contributed by atoms with Crippen LogP contribution in [0.1, 0.15) is 60.3 Å². The molecular weight excluding hydrogens is 266 g/mol. The van der Waals surface area contributed by atoms with Crippen molar-refractivity contribution in [1.82, 2.24) is 0 Å². The van der Waals surface area contributed by atoms with Crippen LogP contribution < -0.4 is 0 Å². The number of rotatable bonds is 5. The van der Waals surface area contributed by atoms with Gasteiger partial charge in [0.2, 0.25) is 0 Å². The standard InChI is InChI=1S/C21H29N/c1-17(11-8-16-22)9-6-10-18(2)13-14-20-19(3)12-7-15-21(20,4)5/h6,9-11,13-14H,7-8,12,15H2,1-5H3/b9-6+,14-13+,17-11+,18-10+. The molecule has 0 radical (unpaired) electrons. The molecule has 0 amide bonds. The lowest BCUT2D eigenvalue weighted by Crippen LogP contribution is -2.19. The van der Waals surface area contributed by atoms with Gasteiger partial charge in [-0.15, -0.1) is 0 Å². The SMILES string of the molecule is CC1=C(/C=C/C(C)=C/C=C/C(C)=C/CC#N)C(C)(C)CCC1. The zero-order valence-corrected chi connectivity index (χ0v) is 14.7. The van der Waals surface area contributed by atoms with Gasteiger partial charge < -0.3 is 0 Å². The van der Waals surface area contributed by atoms with Gasteiger partial charge in [0.05, 0.1) is 12.5 Å². The fraction of sp³-hybridized carbons (Fsp3) is 0.476. The highest BCUT2D eigenvalue weighted by molar-refractivity contribution is 5.37. The quantitative estimate of drug-likeness (QED) is 0.536. The molecule has 0 bridgehead atoms. The van der Waals surface area contributed by atoms with Crippen LogP contribution in [0.5, 0.6) is 0 Å². The average molecular weight is 295 g/mol. The molecule has 1 rings (SSSR count). The van der Waals surface area contributed by atoms with E-state index >= 15 is 0 Å². The zero-order chi connectivity index (χ0) is 16.6. The number of nitriles is 1. The summed E-state index contributed by atoms with van der Waals surface area (Å²) < 4.78 is 0. The van der Waals surface area contributed by atoms with E-state index in [-0.39, 0.29) is 0 Å². The Morgan fingerprint density at radius 1 is 1.23 bits per heavy atom. The van der Waals surface area contributed by atoms with E-state index in [9.17, 15) is 0 Å². The molecule has 0 spiro atoms. The largest absolute Gasteiger partial charge is 0.198 e. The number of allylic oxidation sites excluding steroid dienone is 10. The number of hydrogen-bond acceptors (Lipinski definition) is 1. The molecule has 1 heteroatoms. The van der Waals surface area contributed by atoms with Crippen LogP contribution in [-0.4, -0.2) is 0 Å². The molecule has 118 valence electrons. The minimum Gasteiger partial charge on any atom is -0.198 e. The second kappa shape index (κ2) is 8.59. The van der Waals surface area contributed by atoms with Crippen LogP contribution in [0.25, 0.3) is 0 Å². The van der Waals surface area contributed by atoms with Gasteiger partial charge in [-0.2, -0.15) is 5.26 Å². The van der Waals surface area contributed by atoms with E-state index < -0.39 is 0 Å². The second-order valence-corrected chi connectivity index (χ2v) is 6.84. The molecule has 1 nitrogen and oxygen atoms in total. The lowest BCUT2D eigenvalue weighted by atomic mass is 9.72. The number of hydrogen-bond donors (Lipinski definition) is 0. The molecule has 0 atom stereocenters. The highest BCUT2D eigenvalue weighted by Gasteiger charge is 2.26. The highest BCUT2D eigenvalue weighted by Crippen LogP contribution is 2.40. The van der Waals surface area contributed by atoms with Crippen molar-refractivity contribution in [1.29, 1.82) is 5.26 Å². The van der Waals surface area contributed by atoms with E-state index in [4.69, 9.17) is 5.26 Å². The van der Waals surface area contributed by atoms with Crippen molar-refractivity contribution in [3.63, 3.8) is 0 Å². The van der Waals surface area contributed by atoms with Crippen molar-refractivity contribution < 1.29 is 0 Å². The van der Waals surface area contributed by atoms with Crippen LogP contribution >= 0.6 is 0 Å². The topological polar surface area (TPSA) is 23.8 Å². The lowest BCUT2D eigenvalue weighted by Gasteiger charge is -2.32. The molecule has 0 aliphatic heterocycles. The van der Waals surface area contributed by atoms with E-state index in [2.05, 4.69) is 58.1 Å². The summed E-state index contributed by atoms with van der Waals surface area (Å²) in [7, 11) is 0. The van der Waals surface area contributed by atoms with Crippen LogP contribution in [0, 0.1) is 16.7 Å². The maximum atomic E-state index is 8.54. The molecule has 1 aliphatic rings. The van der Waals surface area contributed by atoms with Crippen molar-refractivity contribution in [2.45, 2.75) is 60.3 Å². The van der Waals surface area contributed by atoms with E-state index in [0.29, 0.717) is 11.8 Å². The summed E-state index contributed by atoms with van der Waals surface area (Å²) >= 11 is 0. The van der Waals surface area contributed by atoms with Crippen molar-refractivity contribution in [2.75, 3.05) is 0 Å². The van der Waals surface area contributed by atoms with Crippen LogP contribution in [0.15, 0.2) is 58.7 Å². The first-order chi connectivity index (χ1) is 10.4. The summed E-state index contributed by atoms with van der Waals surface area (Å²) in [5.74, 6) is 0.